The van der Waals surface area contributed by atoms with Crippen molar-refractivity contribution in [3.63, 3.8) is 0 Å². The molecular formula is C76H125NO4S5. The van der Waals surface area contributed by atoms with Crippen LogP contribution in [0, 0.1) is 31.6 Å². The molecule has 3 atom stereocenters. The van der Waals surface area contributed by atoms with Crippen LogP contribution in [0.2, 0.25) is 0 Å². The number of aryl methyl sites for hydroxylation is 2. The van der Waals surface area contributed by atoms with Gasteiger partial charge in [0.25, 0.3) is 10.0 Å². The third-order valence-electron chi connectivity index (χ3n) is 19.0. The first-order chi connectivity index (χ1) is 42.1. The average Bonchev–Trinajstić information content (AvgIpc) is 1.58. The van der Waals surface area contributed by atoms with Crippen molar-refractivity contribution in [2.45, 2.75) is 343 Å². The monoisotopic (exact) mass is 1280 g/mol. The Morgan fingerprint density at radius 2 is 0.709 bits per heavy atom. The Morgan fingerprint density at radius 3 is 1.13 bits per heavy atom. The van der Waals surface area contributed by atoms with Gasteiger partial charge in [-0.05, 0) is 94.4 Å². The summed E-state index contributed by atoms with van der Waals surface area (Å²) in [6.07, 6.45) is 56.7. The largest absolute Gasteiger partial charge is 0.491 e. The quantitative estimate of drug-likeness (QED) is 0.0364. The maximum atomic E-state index is 15.3. The van der Waals surface area contributed by atoms with Gasteiger partial charge in [0.2, 0.25) is 0 Å². The smallest absolute Gasteiger partial charge is 0.265 e. The molecule has 5 nitrogen and oxygen atoms in total. The SMILES string of the molecule is CCCCCCCCCCCCC(CCCCCCCCCC)CN1c2cc(-c3cc4c(OCC(CCCCCC)CCCCCCCC)c5sc(C)cc5c(OCC(CCCCCC)CCCCCCCC)c4s3)sc2-c2sc(C)cc2S1(=O)=O. The third-order valence-corrected chi connectivity index (χ3v) is 25.6. The molecule has 86 heavy (non-hydrogen) atoms. The van der Waals surface area contributed by atoms with Crippen molar-refractivity contribution in [2.24, 2.45) is 17.8 Å². The van der Waals surface area contributed by atoms with E-state index >= 15 is 8.42 Å². The molecule has 0 bridgehead atoms. The van der Waals surface area contributed by atoms with E-state index in [9.17, 15) is 0 Å². The zero-order chi connectivity index (χ0) is 61.2. The molecule has 0 spiro atoms. The van der Waals surface area contributed by atoms with E-state index < -0.39 is 10.0 Å². The maximum absolute atomic E-state index is 15.3. The van der Waals surface area contributed by atoms with E-state index in [-0.39, 0.29) is 0 Å². The maximum Gasteiger partial charge on any atom is 0.265 e. The van der Waals surface area contributed by atoms with Gasteiger partial charge >= 0.3 is 0 Å². The molecule has 0 radical (unpaired) electrons. The van der Waals surface area contributed by atoms with Gasteiger partial charge in [-0.15, -0.1) is 45.3 Å². The molecule has 5 heterocycles. The summed E-state index contributed by atoms with van der Waals surface area (Å²) in [4.78, 5) is 7.24. The molecule has 1 aliphatic heterocycles. The molecular weight excluding hydrogens is 1150 g/mol. The Labute approximate surface area is 544 Å². The van der Waals surface area contributed by atoms with Crippen LogP contribution >= 0.6 is 45.3 Å². The van der Waals surface area contributed by atoms with Crippen molar-refractivity contribution in [2.75, 3.05) is 24.1 Å². The lowest BCUT2D eigenvalue weighted by atomic mass is 9.93. The summed E-state index contributed by atoms with van der Waals surface area (Å²) < 4.78 is 49.7. The highest BCUT2D eigenvalue weighted by atomic mass is 32.2. The molecule has 0 aliphatic carbocycles. The van der Waals surface area contributed by atoms with Crippen molar-refractivity contribution >= 4 is 81.2 Å². The molecule has 10 heteroatoms. The van der Waals surface area contributed by atoms with E-state index in [2.05, 4.69) is 73.6 Å². The number of unbranched alkanes of at least 4 members (excludes halogenated alkanes) is 32. The summed E-state index contributed by atoms with van der Waals surface area (Å²) in [5, 5.41) is 2.37. The molecule has 6 rings (SSSR count). The lowest BCUT2D eigenvalue weighted by Gasteiger charge is -2.32. The van der Waals surface area contributed by atoms with Crippen LogP contribution in [0.3, 0.4) is 0 Å². The van der Waals surface area contributed by atoms with Gasteiger partial charge < -0.3 is 9.47 Å². The third kappa shape index (κ3) is 23.8. The summed E-state index contributed by atoms with van der Waals surface area (Å²) >= 11 is 7.19. The predicted molar refractivity (Wildman–Crippen MR) is 386 cm³/mol. The summed E-state index contributed by atoms with van der Waals surface area (Å²) in [6.45, 7) is 20.3. The van der Waals surface area contributed by atoms with Crippen molar-refractivity contribution in [1.82, 2.24) is 0 Å². The first kappa shape index (κ1) is 72.9. The molecule has 0 saturated heterocycles. The van der Waals surface area contributed by atoms with E-state index in [1.807, 2.05) is 44.4 Å². The fourth-order valence-electron chi connectivity index (χ4n) is 13.6. The second-order valence-corrected chi connectivity index (χ2v) is 33.2. The zero-order valence-corrected chi connectivity index (χ0v) is 60.5. The molecule has 488 valence electrons. The van der Waals surface area contributed by atoms with Crippen LogP contribution in [0.15, 0.2) is 29.2 Å². The molecule has 0 saturated carbocycles. The van der Waals surface area contributed by atoms with Crippen LogP contribution in [-0.4, -0.2) is 28.2 Å². The van der Waals surface area contributed by atoms with Gasteiger partial charge in [0.05, 0.1) is 38.1 Å². The molecule has 0 amide bonds. The Balaban J connectivity index is 1.37. The van der Waals surface area contributed by atoms with Crippen molar-refractivity contribution < 1.29 is 17.9 Å². The van der Waals surface area contributed by atoms with Crippen LogP contribution in [0.5, 0.6) is 11.5 Å². The van der Waals surface area contributed by atoms with Gasteiger partial charge in [0.1, 0.15) is 16.4 Å². The number of rotatable bonds is 53. The second-order valence-electron chi connectivity index (χ2n) is 26.8. The average molecular weight is 1280 g/mol. The van der Waals surface area contributed by atoms with Crippen LogP contribution in [-0.2, 0) is 10.0 Å². The number of fused-ring (bicyclic) bond motifs is 5. The summed E-state index contributed by atoms with van der Waals surface area (Å²) in [6, 6.07) is 9.05. The molecule has 0 N–H and O–H groups in total. The summed E-state index contributed by atoms with van der Waals surface area (Å²) in [5.41, 5.74) is 0.895. The summed E-state index contributed by atoms with van der Waals surface area (Å²) in [5.74, 6) is 3.44. The molecule has 1 aromatic carbocycles. The zero-order valence-electron chi connectivity index (χ0n) is 56.4. The fraction of sp³-hybridized carbons (Fsp3) is 0.763. The minimum absolute atomic E-state index is 0.324. The van der Waals surface area contributed by atoms with E-state index in [0.29, 0.717) is 29.2 Å². The predicted octanol–water partition coefficient (Wildman–Crippen LogP) is 27.6. The Hall–Kier alpha value is -2.11. The summed E-state index contributed by atoms with van der Waals surface area (Å²) in [7, 11) is -3.76. The van der Waals surface area contributed by atoms with Crippen LogP contribution in [0.4, 0.5) is 5.69 Å². The lowest BCUT2D eigenvalue weighted by molar-refractivity contribution is 0.226. The first-order valence-corrected chi connectivity index (χ1v) is 41.3. The topological polar surface area (TPSA) is 55.8 Å². The highest BCUT2D eigenvalue weighted by Crippen LogP contribution is 2.57. The minimum atomic E-state index is -3.76. The Morgan fingerprint density at radius 1 is 0.372 bits per heavy atom. The van der Waals surface area contributed by atoms with Gasteiger partial charge in [-0.3, -0.25) is 4.31 Å². The van der Waals surface area contributed by atoms with Gasteiger partial charge in [-0.2, -0.15) is 0 Å². The normalized spacial score (nSPS) is 14.2. The number of nitrogens with zero attached hydrogens (tertiary/aromatic N) is 1. The second kappa shape index (κ2) is 42.1. The van der Waals surface area contributed by atoms with Crippen molar-refractivity contribution in [3.05, 3.63) is 34.0 Å². The van der Waals surface area contributed by atoms with Gasteiger partial charge in [0, 0.05) is 36.8 Å². The number of thiophene rings is 4. The van der Waals surface area contributed by atoms with E-state index in [0.717, 1.165) is 62.8 Å². The molecule has 3 unspecified atom stereocenters. The van der Waals surface area contributed by atoms with Gasteiger partial charge in [-0.25, -0.2) is 8.42 Å². The van der Waals surface area contributed by atoms with Gasteiger partial charge in [-0.1, -0.05) is 286 Å². The number of hydrogen-bond donors (Lipinski definition) is 0. The number of hydrogen-bond acceptors (Lipinski definition) is 8. The number of ether oxygens (including phenoxy) is 2. The van der Waals surface area contributed by atoms with E-state index in [4.69, 9.17) is 9.47 Å². The Kier molecular flexibility index (Phi) is 35.7. The van der Waals surface area contributed by atoms with Gasteiger partial charge in [0.15, 0.2) is 0 Å². The number of anilines is 1. The molecule has 0 fully saturated rings. The first-order valence-electron chi connectivity index (χ1n) is 36.6. The van der Waals surface area contributed by atoms with Crippen LogP contribution < -0.4 is 13.8 Å². The Bertz CT molecular complexity index is 2600. The van der Waals surface area contributed by atoms with E-state index in [1.165, 1.54) is 300 Å². The lowest BCUT2D eigenvalue weighted by Crippen LogP contribution is -2.37. The minimum Gasteiger partial charge on any atom is -0.491 e. The highest BCUT2D eigenvalue weighted by Gasteiger charge is 2.40. The van der Waals surface area contributed by atoms with E-state index in [1.54, 1.807) is 11.3 Å². The van der Waals surface area contributed by atoms with Crippen LogP contribution in [0.25, 0.3) is 39.7 Å². The fourth-order valence-corrected chi connectivity index (χ4v) is 20.4. The molecule has 5 aromatic rings. The molecule has 4 aromatic heterocycles. The number of benzene rings is 1. The number of sulfonamides is 1. The van der Waals surface area contributed by atoms with Crippen LogP contribution in [0.1, 0.15) is 334 Å². The van der Waals surface area contributed by atoms with Crippen molar-refractivity contribution in [1.29, 1.82) is 0 Å². The standard InChI is InChI=1S/C76H125NO4S5/c1-9-15-21-27-31-33-34-36-40-44-48-62(47-43-39-35-32-28-22-16-10-2)57-77-67-56-69(85-75(67)76-70(86(77,78)79)54-61(8)83-76)68-55-66-72(81-59-64(50-42-26-20-14-6)52-46-38-30-24-18-12-4)73-65(53-60(7)82-73)71(74(66)84-68)80-58-63(49-41-25-19-13-5)51-45-37-29-23-17-11-3/h53-56,62-64H,9-52,57-59H2,1-8H3. The molecule has 1 aliphatic rings. The van der Waals surface area contributed by atoms with Crippen molar-refractivity contribution in [3.8, 4) is 31.0 Å². The highest BCUT2D eigenvalue weighted by molar-refractivity contribution is 7.93.